The van der Waals surface area contributed by atoms with Crippen LogP contribution in [-0.2, 0) is 17.8 Å². The molecular formula is C34H37Cl2FN6O3. The largest absolute Gasteiger partial charge is 0.496 e. The number of pyridine rings is 2. The van der Waals surface area contributed by atoms with E-state index in [2.05, 4.69) is 31.2 Å². The SMILES string of the molecule is COc1cc(-c2nccc(-c3cccc(Nc4nccc(CCCNCCO)c4F)c3Cl)c2Cl)ccc1CNCC1CCC(=O)N1. The van der Waals surface area contributed by atoms with Crippen LogP contribution >= 0.6 is 23.2 Å². The molecule has 0 radical (unpaired) electrons. The molecule has 1 saturated heterocycles. The molecule has 9 nitrogen and oxygen atoms in total. The first-order chi connectivity index (χ1) is 22.4. The lowest BCUT2D eigenvalue weighted by atomic mass is 10.0. The number of nitrogens with zero attached hydrogens (tertiary/aromatic N) is 2. The molecule has 0 saturated carbocycles. The third-order valence-electron chi connectivity index (χ3n) is 7.84. The zero-order valence-electron chi connectivity index (χ0n) is 25.5. The van der Waals surface area contributed by atoms with Gasteiger partial charge in [-0.15, -0.1) is 0 Å². The van der Waals surface area contributed by atoms with Crippen molar-refractivity contribution in [1.82, 2.24) is 25.9 Å². The van der Waals surface area contributed by atoms with Crippen molar-refractivity contribution in [3.63, 3.8) is 0 Å². The van der Waals surface area contributed by atoms with Gasteiger partial charge in [0.1, 0.15) is 5.75 Å². The molecule has 1 atom stereocenters. The van der Waals surface area contributed by atoms with Gasteiger partial charge >= 0.3 is 0 Å². The number of anilines is 2. The van der Waals surface area contributed by atoms with Crippen molar-refractivity contribution in [2.24, 2.45) is 0 Å². The molecule has 3 heterocycles. The van der Waals surface area contributed by atoms with E-state index in [4.69, 9.17) is 33.0 Å². The normalized spacial score (nSPS) is 14.4. The first kappa shape index (κ1) is 33.6. The van der Waals surface area contributed by atoms with E-state index < -0.39 is 5.82 Å². The molecule has 242 valence electrons. The average Bonchev–Trinajstić information content (AvgIpc) is 3.48. The second kappa shape index (κ2) is 16.2. The number of nitrogens with one attached hydrogen (secondary N) is 4. The molecule has 12 heteroatoms. The topological polar surface area (TPSA) is 120 Å². The van der Waals surface area contributed by atoms with E-state index in [9.17, 15) is 4.79 Å². The van der Waals surface area contributed by atoms with Crippen molar-refractivity contribution in [2.75, 3.05) is 38.7 Å². The molecule has 1 fully saturated rings. The van der Waals surface area contributed by atoms with E-state index in [1.165, 1.54) is 0 Å². The summed E-state index contributed by atoms with van der Waals surface area (Å²) in [6, 6.07) is 14.8. The highest BCUT2D eigenvalue weighted by Gasteiger charge is 2.21. The van der Waals surface area contributed by atoms with Gasteiger partial charge in [-0.2, -0.15) is 0 Å². The van der Waals surface area contributed by atoms with Gasteiger partial charge in [0.25, 0.3) is 0 Å². The van der Waals surface area contributed by atoms with Crippen LogP contribution in [-0.4, -0.2) is 60.4 Å². The van der Waals surface area contributed by atoms with Gasteiger partial charge < -0.3 is 31.1 Å². The number of benzene rings is 2. The number of carbonyl (C=O) groups is 1. The Morgan fingerprint density at radius 3 is 2.63 bits per heavy atom. The van der Waals surface area contributed by atoms with Gasteiger partial charge in [0.2, 0.25) is 5.91 Å². The fourth-order valence-electron chi connectivity index (χ4n) is 5.44. The molecule has 0 aliphatic carbocycles. The number of aromatic nitrogens is 2. The van der Waals surface area contributed by atoms with Gasteiger partial charge in [0.05, 0.1) is 35.1 Å². The van der Waals surface area contributed by atoms with Crippen molar-refractivity contribution < 1.29 is 19.0 Å². The van der Waals surface area contributed by atoms with Crippen LogP contribution in [0.4, 0.5) is 15.9 Å². The van der Waals surface area contributed by atoms with Gasteiger partial charge in [-0.25, -0.2) is 9.37 Å². The smallest absolute Gasteiger partial charge is 0.220 e. The molecule has 5 N–H and O–H groups in total. The zero-order valence-corrected chi connectivity index (χ0v) is 27.0. The standard InChI is InChI=1S/C34H37Cl2FN6O3/c1-46-28-18-22(7-8-23(28)19-39-20-24-9-10-29(45)42-24)33-31(36)26(12-15-40-33)25-5-2-6-27(30(25)35)43-34-32(37)21(11-14-41-34)4-3-13-38-16-17-44/h2,5-8,11-12,14-15,18,24,38-39,44H,3-4,9-10,13,16-17,19-20H2,1H3,(H,41,43)(H,42,45). The number of methoxy groups -OCH3 is 1. The van der Waals surface area contributed by atoms with Crippen molar-refractivity contribution in [3.8, 4) is 28.1 Å². The van der Waals surface area contributed by atoms with E-state index in [-0.39, 0.29) is 24.4 Å². The first-order valence-corrected chi connectivity index (χ1v) is 16.0. The third kappa shape index (κ3) is 8.12. The summed E-state index contributed by atoms with van der Waals surface area (Å²) in [6.07, 6.45) is 5.87. The van der Waals surface area contributed by atoms with Crippen molar-refractivity contribution in [3.05, 3.63) is 87.9 Å². The number of aliphatic hydroxyl groups is 1. The predicted octanol–water partition coefficient (Wildman–Crippen LogP) is 5.89. The Morgan fingerprint density at radius 2 is 1.85 bits per heavy atom. The predicted molar refractivity (Wildman–Crippen MR) is 180 cm³/mol. The molecule has 46 heavy (non-hydrogen) atoms. The second-order valence-corrected chi connectivity index (χ2v) is 11.7. The summed E-state index contributed by atoms with van der Waals surface area (Å²) in [5, 5.41) is 22.2. The maximum atomic E-state index is 15.3. The first-order valence-electron chi connectivity index (χ1n) is 15.2. The minimum atomic E-state index is -0.437. The highest BCUT2D eigenvalue weighted by atomic mass is 35.5. The number of aryl methyl sites for hydroxylation is 1. The fourth-order valence-corrected chi connectivity index (χ4v) is 6.04. The molecular weight excluding hydrogens is 630 g/mol. The minimum Gasteiger partial charge on any atom is -0.496 e. The quantitative estimate of drug-likeness (QED) is 0.0997. The number of rotatable bonds is 15. The van der Waals surface area contributed by atoms with Crippen molar-refractivity contribution in [2.45, 2.75) is 38.3 Å². The number of ether oxygens (including phenoxy) is 1. The Labute approximate surface area is 277 Å². The van der Waals surface area contributed by atoms with E-state index >= 15 is 4.39 Å². The maximum absolute atomic E-state index is 15.3. The van der Waals surface area contributed by atoms with Crippen molar-refractivity contribution >= 4 is 40.6 Å². The highest BCUT2D eigenvalue weighted by molar-refractivity contribution is 6.39. The Bertz CT molecular complexity index is 1670. The molecule has 0 bridgehead atoms. The maximum Gasteiger partial charge on any atom is 0.220 e. The zero-order chi connectivity index (χ0) is 32.5. The van der Waals surface area contributed by atoms with Crippen LogP contribution in [0.2, 0.25) is 10.0 Å². The number of hydrogen-bond acceptors (Lipinski definition) is 8. The fraction of sp³-hybridized carbons (Fsp3) is 0.324. The van der Waals surface area contributed by atoms with Crippen LogP contribution in [0.1, 0.15) is 30.4 Å². The van der Waals surface area contributed by atoms with Crippen LogP contribution in [0.25, 0.3) is 22.4 Å². The lowest BCUT2D eigenvalue weighted by molar-refractivity contribution is -0.119. The summed E-state index contributed by atoms with van der Waals surface area (Å²) in [5.74, 6) is 0.423. The Hall–Kier alpha value is -3.80. The van der Waals surface area contributed by atoms with E-state index in [0.717, 1.165) is 17.5 Å². The van der Waals surface area contributed by atoms with Gasteiger partial charge in [0, 0.05) is 66.7 Å². The van der Waals surface area contributed by atoms with Crippen molar-refractivity contribution in [1.29, 1.82) is 0 Å². The highest BCUT2D eigenvalue weighted by Crippen LogP contribution is 2.41. The Balaban J connectivity index is 1.33. The Kier molecular flexibility index (Phi) is 11.8. The summed E-state index contributed by atoms with van der Waals surface area (Å²) in [7, 11) is 1.62. The van der Waals surface area contributed by atoms with E-state index in [1.54, 1.807) is 37.7 Å². The van der Waals surface area contributed by atoms with Crippen LogP contribution in [0, 0.1) is 5.82 Å². The molecule has 1 unspecified atom stereocenters. The summed E-state index contributed by atoms with van der Waals surface area (Å²) < 4.78 is 21.0. The number of halogens is 3. The summed E-state index contributed by atoms with van der Waals surface area (Å²) in [4.78, 5) is 20.3. The summed E-state index contributed by atoms with van der Waals surface area (Å²) in [5.41, 5.74) is 4.65. The van der Waals surface area contributed by atoms with Gasteiger partial charge in [0.15, 0.2) is 11.6 Å². The lowest BCUT2D eigenvalue weighted by Crippen LogP contribution is -2.35. The van der Waals surface area contributed by atoms with Crippen LogP contribution in [0.15, 0.2) is 60.9 Å². The summed E-state index contributed by atoms with van der Waals surface area (Å²) >= 11 is 13.9. The number of hydrogen-bond donors (Lipinski definition) is 5. The summed E-state index contributed by atoms with van der Waals surface area (Å²) in [6.45, 7) is 2.50. The molecule has 1 amide bonds. The number of carbonyl (C=O) groups excluding carboxylic acids is 1. The third-order valence-corrected chi connectivity index (χ3v) is 8.63. The molecule has 0 spiro atoms. The molecule has 5 rings (SSSR count). The number of amides is 1. The van der Waals surface area contributed by atoms with Crippen LogP contribution < -0.4 is 26.0 Å². The molecule has 2 aromatic carbocycles. The number of aliphatic hydroxyl groups excluding tert-OH is 1. The molecule has 1 aliphatic rings. The lowest BCUT2D eigenvalue weighted by Gasteiger charge is -2.16. The monoisotopic (exact) mass is 666 g/mol. The van der Waals surface area contributed by atoms with E-state index in [0.29, 0.717) is 89.3 Å². The van der Waals surface area contributed by atoms with Gasteiger partial charge in [-0.3, -0.25) is 9.78 Å². The Morgan fingerprint density at radius 1 is 1.02 bits per heavy atom. The minimum absolute atomic E-state index is 0.0636. The van der Waals surface area contributed by atoms with E-state index in [1.807, 2.05) is 30.3 Å². The van der Waals surface area contributed by atoms with Gasteiger partial charge in [-0.05, 0) is 55.6 Å². The van der Waals surface area contributed by atoms with Crippen LogP contribution in [0.5, 0.6) is 5.75 Å². The molecule has 1 aliphatic heterocycles. The van der Waals surface area contributed by atoms with Crippen LogP contribution in [0.3, 0.4) is 0 Å². The molecule has 4 aromatic rings. The molecule has 2 aromatic heterocycles. The second-order valence-electron chi connectivity index (χ2n) is 11.0. The average molecular weight is 668 g/mol. The van der Waals surface area contributed by atoms with Gasteiger partial charge in [-0.1, -0.05) is 47.5 Å².